The monoisotopic (exact) mass is 240 g/mol. The lowest BCUT2D eigenvalue weighted by molar-refractivity contribution is -0.0526. The Morgan fingerprint density at radius 1 is 1.53 bits per heavy atom. The van der Waals surface area contributed by atoms with Gasteiger partial charge in [0.05, 0.1) is 26.1 Å². The van der Waals surface area contributed by atoms with Gasteiger partial charge < -0.3 is 24.7 Å². The van der Waals surface area contributed by atoms with E-state index in [4.69, 9.17) is 9.47 Å². The van der Waals surface area contributed by atoms with Crippen molar-refractivity contribution in [2.45, 2.75) is 12.8 Å². The highest BCUT2D eigenvalue weighted by Crippen LogP contribution is 2.15. The van der Waals surface area contributed by atoms with Gasteiger partial charge in [-0.05, 0) is 0 Å². The molecule has 0 radical (unpaired) electrons. The van der Waals surface area contributed by atoms with E-state index >= 15 is 0 Å². The number of hydrogen-bond donors (Lipinski definition) is 2. The summed E-state index contributed by atoms with van der Waals surface area (Å²) in [5.74, 6) is 0.354. The third kappa shape index (κ3) is 2.40. The zero-order chi connectivity index (χ0) is 12.3. The van der Waals surface area contributed by atoms with E-state index in [0.717, 1.165) is 0 Å². The molecule has 1 aromatic heterocycles. The second-order valence-corrected chi connectivity index (χ2v) is 3.59. The second-order valence-electron chi connectivity index (χ2n) is 3.59. The minimum Gasteiger partial charge on any atom is -0.371 e. The van der Waals surface area contributed by atoms with E-state index in [1.807, 2.05) is 0 Å². The Balaban J connectivity index is 2.20. The predicted molar refractivity (Wildman–Crippen MR) is 60.9 cm³/mol. The second kappa shape index (κ2) is 5.15. The molecule has 1 fully saturated rings. The Morgan fingerprint density at radius 3 is 2.82 bits per heavy atom. The van der Waals surface area contributed by atoms with Crippen LogP contribution < -0.4 is 10.6 Å². The van der Waals surface area contributed by atoms with Crippen molar-refractivity contribution < 1.29 is 14.3 Å². The Bertz CT molecular complexity index is 398. The number of imidazole rings is 1. The van der Waals surface area contributed by atoms with Crippen molar-refractivity contribution in [3.63, 3.8) is 0 Å². The maximum atomic E-state index is 11.8. The number of ether oxygens (including phenoxy) is 2. The van der Waals surface area contributed by atoms with Gasteiger partial charge in [-0.2, -0.15) is 0 Å². The number of amides is 1. The summed E-state index contributed by atoms with van der Waals surface area (Å²) in [6.45, 7) is 1.64. The maximum absolute atomic E-state index is 11.8. The van der Waals surface area contributed by atoms with Crippen LogP contribution in [0.15, 0.2) is 6.33 Å². The van der Waals surface area contributed by atoms with Crippen LogP contribution in [0, 0.1) is 0 Å². The van der Waals surface area contributed by atoms with Crippen molar-refractivity contribution in [3.05, 3.63) is 12.0 Å². The smallest absolute Gasteiger partial charge is 0.271 e. The van der Waals surface area contributed by atoms with Gasteiger partial charge in [-0.1, -0.05) is 0 Å². The topological polar surface area (TPSA) is 77.4 Å². The summed E-state index contributed by atoms with van der Waals surface area (Å²) in [4.78, 5) is 15.9. The molecule has 0 atom stereocenters. The van der Waals surface area contributed by atoms with E-state index in [2.05, 4.69) is 15.6 Å². The summed E-state index contributed by atoms with van der Waals surface area (Å²) in [5, 5.41) is 5.47. The van der Waals surface area contributed by atoms with Crippen molar-refractivity contribution >= 4 is 11.7 Å². The number of nitrogens with zero attached hydrogens (tertiary/aromatic N) is 2. The molecule has 7 nitrogen and oxygen atoms in total. The summed E-state index contributed by atoms with van der Waals surface area (Å²) < 4.78 is 12.4. The quantitative estimate of drug-likeness (QED) is 0.752. The molecule has 0 spiro atoms. The zero-order valence-corrected chi connectivity index (χ0v) is 9.90. The highest BCUT2D eigenvalue weighted by atomic mass is 16.7. The molecule has 0 bridgehead atoms. The molecule has 1 aromatic rings. The van der Waals surface area contributed by atoms with Gasteiger partial charge in [-0.25, -0.2) is 4.98 Å². The fourth-order valence-electron chi connectivity index (χ4n) is 1.73. The lowest BCUT2D eigenvalue weighted by Crippen LogP contribution is -2.25. The number of hydrogen-bond acceptors (Lipinski definition) is 5. The maximum Gasteiger partial charge on any atom is 0.271 e. The summed E-state index contributed by atoms with van der Waals surface area (Å²) in [5.41, 5.74) is 0.481. The average molecular weight is 240 g/mol. The van der Waals surface area contributed by atoms with Crippen LogP contribution in [-0.2, 0) is 16.0 Å². The van der Waals surface area contributed by atoms with Gasteiger partial charge in [0.25, 0.3) is 5.91 Å². The average Bonchev–Trinajstić information content (AvgIpc) is 2.98. The van der Waals surface area contributed by atoms with E-state index in [9.17, 15) is 4.79 Å². The molecule has 1 aliphatic rings. The Morgan fingerprint density at radius 2 is 2.24 bits per heavy atom. The van der Waals surface area contributed by atoms with Crippen LogP contribution in [0.1, 0.15) is 10.5 Å². The highest BCUT2D eigenvalue weighted by molar-refractivity contribution is 5.97. The number of nitrogens with one attached hydrogen (secondary N) is 2. The van der Waals surface area contributed by atoms with E-state index < -0.39 is 0 Å². The number of aromatic nitrogens is 2. The SMILES string of the molecule is CNC(=O)c1c(NC)ncn1CC1OCCO1. The Labute approximate surface area is 99.1 Å². The molecular weight excluding hydrogens is 224 g/mol. The molecule has 1 saturated heterocycles. The van der Waals surface area contributed by atoms with Crippen molar-refractivity contribution in [1.82, 2.24) is 14.9 Å². The van der Waals surface area contributed by atoms with Crippen molar-refractivity contribution in [2.24, 2.45) is 0 Å². The first kappa shape index (κ1) is 11.9. The van der Waals surface area contributed by atoms with Crippen LogP contribution in [0.4, 0.5) is 5.82 Å². The largest absolute Gasteiger partial charge is 0.371 e. The standard InChI is InChI=1S/C10H16N4O3/c1-11-9-8(10(15)12-2)14(6-13-9)5-7-16-3-4-17-7/h6-7,11H,3-5H2,1-2H3,(H,12,15). The van der Waals surface area contributed by atoms with Gasteiger partial charge in [0.1, 0.15) is 0 Å². The van der Waals surface area contributed by atoms with Crippen molar-refractivity contribution in [1.29, 1.82) is 0 Å². The highest BCUT2D eigenvalue weighted by Gasteiger charge is 2.22. The first-order valence-electron chi connectivity index (χ1n) is 5.44. The molecule has 2 N–H and O–H groups in total. The summed E-state index contributed by atoms with van der Waals surface area (Å²) in [7, 11) is 3.31. The molecule has 2 rings (SSSR count). The fraction of sp³-hybridized carbons (Fsp3) is 0.600. The van der Waals surface area contributed by atoms with Crippen LogP contribution in [-0.4, -0.2) is 49.1 Å². The minimum absolute atomic E-state index is 0.190. The molecule has 0 aliphatic carbocycles. The lowest BCUT2D eigenvalue weighted by atomic mass is 10.4. The zero-order valence-electron chi connectivity index (χ0n) is 9.90. The lowest BCUT2D eigenvalue weighted by Gasteiger charge is -2.12. The van der Waals surface area contributed by atoms with Crippen LogP contribution in [0.5, 0.6) is 0 Å². The molecule has 1 amide bonds. The van der Waals surface area contributed by atoms with Gasteiger partial charge in [-0.3, -0.25) is 4.79 Å². The third-order valence-corrected chi connectivity index (χ3v) is 2.55. The number of anilines is 1. The minimum atomic E-state index is -0.308. The molecular formula is C10H16N4O3. The molecule has 2 heterocycles. The fourth-order valence-corrected chi connectivity index (χ4v) is 1.73. The molecule has 1 aliphatic heterocycles. The van der Waals surface area contributed by atoms with Gasteiger partial charge >= 0.3 is 0 Å². The Kier molecular flexibility index (Phi) is 3.60. The van der Waals surface area contributed by atoms with E-state index in [-0.39, 0.29) is 12.2 Å². The Hall–Kier alpha value is -1.60. The number of carbonyl (C=O) groups is 1. The van der Waals surface area contributed by atoms with Crippen molar-refractivity contribution in [2.75, 3.05) is 32.6 Å². The van der Waals surface area contributed by atoms with E-state index in [0.29, 0.717) is 31.3 Å². The van der Waals surface area contributed by atoms with Crippen molar-refractivity contribution in [3.8, 4) is 0 Å². The first-order valence-corrected chi connectivity index (χ1v) is 5.44. The summed E-state index contributed by atoms with van der Waals surface area (Å²) >= 11 is 0. The van der Waals surface area contributed by atoms with Crippen LogP contribution in [0.2, 0.25) is 0 Å². The first-order chi connectivity index (χ1) is 8.26. The molecule has 7 heteroatoms. The van der Waals surface area contributed by atoms with Gasteiger partial charge in [0.2, 0.25) is 0 Å². The predicted octanol–water partition coefficient (Wildman–Crippen LogP) is -0.343. The van der Waals surface area contributed by atoms with E-state index in [1.165, 1.54) is 0 Å². The molecule has 0 saturated carbocycles. The molecule has 0 unspecified atom stereocenters. The molecule has 17 heavy (non-hydrogen) atoms. The molecule has 0 aromatic carbocycles. The number of carbonyl (C=O) groups excluding carboxylic acids is 1. The van der Waals surface area contributed by atoms with Gasteiger partial charge in [0, 0.05) is 14.1 Å². The van der Waals surface area contributed by atoms with Crippen LogP contribution in [0.25, 0.3) is 0 Å². The summed E-state index contributed by atoms with van der Waals surface area (Å²) in [6, 6.07) is 0. The normalized spacial score (nSPS) is 16.1. The van der Waals surface area contributed by atoms with Gasteiger partial charge in [-0.15, -0.1) is 0 Å². The van der Waals surface area contributed by atoms with E-state index in [1.54, 1.807) is 25.0 Å². The van der Waals surface area contributed by atoms with Crippen LogP contribution in [0.3, 0.4) is 0 Å². The summed E-state index contributed by atoms with van der Waals surface area (Å²) in [6.07, 6.45) is 1.29. The van der Waals surface area contributed by atoms with Crippen LogP contribution >= 0.6 is 0 Å². The third-order valence-electron chi connectivity index (χ3n) is 2.55. The number of rotatable bonds is 4. The molecule has 94 valence electrons. The van der Waals surface area contributed by atoms with Gasteiger partial charge in [0.15, 0.2) is 17.8 Å².